The van der Waals surface area contributed by atoms with E-state index in [1.807, 2.05) is 25.2 Å². The van der Waals surface area contributed by atoms with Gasteiger partial charge in [-0.1, -0.05) is 41.6 Å². The Balaban J connectivity index is 2.13. The topological polar surface area (TPSA) is 24.9 Å². The molecule has 2 nitrogen and oxygen atoms in total. The van der Waals surface area contributed by atoms with Crippen molar-refractivity contribution in [1.29, 1.82) is 0 Å². The van der Waals surface area contributed by atoms with Crippen molar-refractivity contribution in [2.75, 3.05) is 7.05 Å². The van der Waals surface area contributed by atoms with E-state index >= 15 is 0 Å². The van der Waals surface area contributed by atoms with Crippen molar-refractivity contribution < 1.29 is 0 Å². The fourth-order valence-electron chi connectivity index (χ4n) is 1.22. The van der Waals surface area contributed by atoms with Crippen LogP contribution in [0.2, 0.25) is 5.15 Å². The summed E-state index contributed by atoms with van der Waals surface area (Å²) < 4.78 is 0.987. The molecule has 0 saturated heterocycles. The van der Waals surface area contributed by atoms with E-state index in [4.69, 9.17) is 11.6 Å². The van der Waals surface area contributed by atoms with Crippen molar-refractivity contribution in [3.05, 3.63) is 40.4 Å². The van der Waals surface area contributed by atoms with Crippen LogP contribution in [-0.2, 0) is 6.54 Å². The van der Waals surface area contributed by atoms with Crippen LogP contribution >= 0.6 is 34.7 Å². The number of halogens is 1. The number of benzene rings is 1. The molecule has 0 aliphatic heterocycles. The fraction of sp³-hybridized carbons (Fsp3) is 0.182. The second kappa shape index (κ2) is 5.68. The summed E-state index contributed by atoms with van der Waals surface area (Å²) in [7, 11) is 1.90. The maximum Gasteiger partial charge on any atom is 0.156 e. The second-order valence-electron chi connectivity index (χ2n) is 3.14. The van der Waals surface area contributed by atoms with Gasteiger partial charge in [-0.25, -0.2) is 4.98 Å². The maximum atomic E-state index is 6.04. The lowest BCUT2D eigenvalue weighted by atomic mass is 10.4. The molecule has 0 aliphatic rings. The van der Waals surface area contributed by atoms with Gasteiger partial charge in [-0.3, -0.25) is 0 Å². The molecule has 0 unspecified atom stereocenters. The summed E-state index contributed by atoms with van der Waals surface area (Å²) >= 11 is 9.32. The van der Waals surface area contributed by atoms with E-state index in [1.165, 1.54) is 4.90 Å². The lowest BCUT2D eigenvalue weighted by Crippen LogP contribution is -2.03. The highest BCUT2D eigenvalue weighted by Gasteiger charge is 2.09. The highest BCUT2D eigenvalue weighted by Crippen LogP contribution is 2.34. The fourth-order valence-corrected chi connectivity index (χ4v) is 3.67. The number of nitrogens with zero attached hydrogens (tertiary/aromatic N) is 1. The first kappa shape index (κ1) is 11.9. The summed E-state index contributed by atoms with van der Waals surface area (Å²) in [6, 6.07) is 10.2. The third-order valence-electron chi connectivity index (χ3n) is 1.92. The summed E-state index contributed by atoms with van der Waals surface area (Å²) in [6.07, 6.45) is 0. The highest BCUT2D eigenvalue weighted by molar-refractivity contribution is 8.01. The van der Waals surface area contributed by atoms with Crippen LogP contribution in [0.1, 0.15) is 4.88 Å². The zero-order valence-corrected chi connectivity index (χ0v) is 11.1. The van der Waals surface area contributed by atoms with Crippen molar-refractivity contribution in [2.45, 2.75) is 15.8 Å². The molecule has 16 heavy (non-hydrogen) atoms. The third-order valence-corrected chi connectivity index (χ3v) is 4.46. The quantitative estimate of drug-likeness (QED) is 0.918. The number of aromatic nitrogens is 1. The number of thiazole rings is 1. The van der Waals surface area contributed by atoms with Gasteiger partial charge < -0.3 is 5.32 Å². The zero-order valence-electron chi connectivity index (χ0n) is 8.74. The molecular formula is C11H11ClN2S2. The third kappa shape index (κ3) is 2.98. The first-order valence-electron chi connectivity index (χ1n) is 4.82. The van der Waals surface area contributed by atoms with Crippen LogP contribution in [0.15, 0.2) is 39.6 Å². The van der Waals surface area contributed by atoms with E-state index in [1.54, 1.807) is 23.1 Å². The van der Waals surface area contributed by atoms with E-state index in [0.29, 0.717) is 5.15 Å². The average molecular weight is 271 g/mol. The molecule has 5 heteroatoms. The van der Waals surface area contributed by atoms with E-state index in [9.17, 15) is 0 Å². The summed E-state index contributed by atoms with van der Waals surface area (Å²) in [6.45, 7) is 0.770. The van der Waals surface area contributed by atoms with Crippen molar-refractivity contribution in [3.8, 4) is 0 Å². The van der Waals surface area contributed by atoms with Crippen molar-refractivity contribution in [1.82, 2.24) is 10.3 Å². The van der Waals surface area contributed by atoms with Gasteiger partial charge >= 0.3 is 0 Å². The molecule has 2 rings (SSSR count). The Morgan fingerprint density at radius 1 is 1.38 bits per heavy atom. The number of hydrogen-bond donors (Lipinski definition) is 1. The van der Waals surface area contributed by atoms with Crippen LogP contribution in [-0.4, -0.2) is 12.0 Å². The minimum atomic E-state index is 0.609. The van der Waals surface area contributed by atoms with Gasteiger partial charge in [0, 0.05) is 11.4 Å². The standard InChI is InChI=1S/C11H11ClN2S2/c1-13-7-9-10(12)14-11(16-9)15-8-5-3-2-4-6-8/h2-6,13H,7H2,1H3. The number of rotatable bonds is 4. The highest BCUT2D eigenvalue weighted by atomic mass is 35.5. The Kier molecular flexibility index (Phi) is 4.23. The molecule has 0 amide bonds. The summed E-state index contributed by atoms with van der Waals surface area (Å²) in [5.74, 6) is 0. The van der Waals surface area contributed by atoms with Gasteiger partial charge in [-0.05, 0) is 19.2 Å². The molecule has 0 bridgehead atoms. The maximum absolute atomic E-state index is 6.04. The van der Waals surface area contributed by atoms with Crippen molar-refractivity contribution >= 4 is 34.7 Å². The van der Waals surface area contributed by atoms with Crippen molar-refractivity contribution in [3.63, 3.8) is 0 Å². The van der Waals surface area contributed by atoms with Crippen LogP contribution < -0.4 is 5.32 Å². The molecule has 0 spiro atoms. The summed E-state index contributed by atoms with van der Waals surface area (Å²) in [4.78, 5) is 6.60. The molecule has 0 atom stereocenters. The number of hydrogen-bond acceptors (Lipinski definition) is 4. The summed E-state index contributed by atoms with van der Waals surface area (Å²) in [5, 5.41) is 3.69. The largest absolute Gasteiger partial charge is 0.315 e. The molecule has 0 aliphatic carbocycles. The normalized spacial score (nSPS) is 10.6. The van der Waals surface area contributed by atoms with Gasteiger partial charge in [0.2, 0.25) is 0 Å². The Morgan fingerprint density at radius 3 is 2.81 bits per heavy atom. The molecule has 1 aromatic carbocycles. The lowest BCUT2D eigenvalue weighted by Gasteiger charge is -1.95. The molecule has 0 saturated carbocycles. The predicted molar refractivity (Wildman–Crippen MR) is 70.5 cm³/mol. The Bertz CT molecular complexity index is 456. The van der Waals surface area contributed by atoms with E-state index in [-0.39, 0.29) is 0 Å². The smallest absolute Gasteiger partial charge is 0.156 e. The molecular weight excluding hydrogens is 260 g/mol. The SMILES string of the molecule is CNCc1sc(Sc2ccccc2)nc1Cl. The molecule has 2 aromatic rings. The average Bonchev–Trinajstić information content (AvgIpc) is 2.61. The molecule has 1 N–H and O–H groups in total. The molecule has 0 radical (unpaired) electrons. The van der Waals surface area contributed by atoms with Gasteiger partial charge in [0.1, 0.15) is 5.15 Å². The van der Waals surface area contributed by atoms with E-state index < -0.39 is 0 Å². The summed E-state index contributed by atoms with van der Waals surface area (Å²) in [5.41, 5.74) is 0. The van der Waals surface area contributed by atoms with Gasteiger partial charge in [0.05, 0.1) is 4.88 Å². The monoisotopic (exact) mass is 270 g/mol. The lowest BCUT2D eigenvalue weighted by molar-refractivity contribution is 0.829. The van der Waals surface area contributed by atoms with Gasteiger partial charge in [0.25, 0.3) is 0 Å². The van der Waals surface area contributed by atoms with Gasteiger partial charge in [-0.15, -0.1) is 11.3 Å². The van der Waals surface area contributed by atoms with E-state index in [0.717, 1.165) is 15.8 Å². The first-order chi connectivity index (χ1) is 7.79. The number of nitrogens with one attached hydrogen (secondary N) is 1. The Morgan fingerprint density at radius 2 is 2.12 bits per heavy atom. The van der Waals surface area contributed by atoms with E-state index in [2.05, 4.69) is 22.4 Å². The molecule has 1 aromatic heterocycles. The van der Waals surface area contributed by atoms with Crippen molar-refractivity contribution in [2.24, 2.45) is 0 Å². The molecule has 84 valence electrons. The Labute approximate surface area is 108 Å². The molecule has 1 heterocycles. The molecule has 0 fully saturated rings. The predicted octanol–water partition coefficient (Wildman–Crippen LogP) is 3.67. The van der Waals surface area contributed by atoms with Crippen LogP contribution in [0.5, 0.6) is 0 Å². The minimum absolute atomic E-state index is 0.609. The first-order valence-corrected chi connectivity index (χ1v) is 6.83. The Hall–Kier alpha value is -0.550. The van der Waals surface area contributed by atoms with Gasteiger partial charge in [0.15, 0.2) is 4.34 Å². The second-order valence-corrected chi connectivity index (χ2v) is 5.90. The van der Waals surface area contributed by atoms with Crippen LogP contribution in [0.3, 0.4) is 0 Å². The van der Waals surface area contributed by atoms with Crippen LogP contribution in [0.4, 0.5) is 0 Å². The van der Waals surface area contributed by atoms with Crippen LogP contribution in [0, 0.1) is 0 Å². The minimum Gasteiger partial charge on any atom is -0.315 e. The van der Waals surface area contributed by atoms with Crippen LogP contribution in [0.25, 0.3) is 0 Å². The van der Waals surface area contributed by atoms with Gasteiger partial charge in [-0.2, -0.15) is 0 Å². The zero-order chi connectivity index (χ0) is 11.4.